The molecule has 2 aliphatic rings. The summed E-state index contributed by atoms with van der Waals surface area (Å²) in [4.78, 5) is 15.9. The second-order valence-corrected chi connectivity index (χ2v) is 4.83. The van der Waals surface area contributed by atoms with E-state index in [1.165, 1.54) is 25.7 Å². The summed E-state index contributed by atoms with van der Waals surface area (Å²) in [6.45, 7) is 3.92. The minimum Gasteiger partial charge on any atom is -0.339 e. The van der Waals surface area contributed by atoms with Crippen molar-refractivity contribution in [1.82, 2.24) is 9.80 Å². The first-order valence-corrected chi connectivity index (χ1v) is 6.57. The molecule has 2 rings (SSSR count). The summed E-state index contributed by atoms with van der Waals surface area (Å²) in [5, 5.41) is 0. The molecule has 1 heterocycles. The van der Waals surface area contributed by atoms with Crippen molar-refractivity contribution >= 4 is 18.5 Å². The standard InChI is InChI=1S/C11H20N2OS/c14-11(9-15)13-7-5-12(6-8-13)10-3-1-2-4-10/h10,15H,1-9H2. The van der Waals surface area contributed by atoms with Crippen LogP contribution in [0, 0.1) is 0 Å². The number of amides is 1. The smallest absolute Gasteiger partial charge is 0.232 e. The van der Waals surface area contributed by atoms with Gasteiger partial charge < -0.3 is 4.90 Å². The van der Waals surface area contributed by atoms with Crippen molar-refractivity contribution in [1.29, 1.82) is 0 Å². The molecule has 1 saturated carbocycles. The molecule has 86 valence electrons. The van der Waals surface area contributed by atoms with Crippen molar-refractivity contribution in [3.8, 4) is 0 Å². The minimum absolute atomic E-state index is 0.185. The number of carbonyl (C=O) groups excluding carboxylic acids is 1. The Hall–Kier alpha value is -0.220. The molecule has 0 aromatic carbocycles. The van der Waals surface area contributed by atoms with Gasteiger partial charge in [-0.05, 0) is 12.8 Å². The fourth-order valence-corrected chi connectivity index (χ4v) is 2.91. The molecule has 3 nitrogen and oxygen atoms in total. The van der Waals surface area contributed by atoms with Gasteiger partial charge in [0.25, 0.3) is 0 Å². The predicted molar refractivity (Wildman–Crippen MR) is 64.3 cm³/mol. The van der Waals surface area contributed by atoms with Crippen molar-refractivity contribution in [2.45, 2.75) is 31.7 Å². The summed E-state index contributed by atoms with van der Waals surface area (Å²) in [6.07, 6.45) is 5.50. The van der Waals surface area contributed by atoms with Gasteiger partial charge in [0.05, 0.1) is 5.75 Å². The fourth-order valence-electron chi connectivity index (χ4n) is 2.71. The van der Waals surface area contributed by atoms with Crippen LogP contribution in [0.5, 0.6) is 0 Å². The Morgan fingerprint density at radius 2 is 1.73 bits per heavy atom. The monoisotopic (exact) mass is 228 g/mol. The molecule has 0 N–H and O–H groups in total. The molecular weight excluding hydrogens is 208 g/mol. The lowest BCUT2D eigenvalue weighted by atomic mass is 10.2. The lowest BCUT2D eigenvalue weighted by molar-refractivity contribution is -0.130. The number of carbonyl (C=O) groups is 1. The predicted octanol–water partition coefficient (Wildman–Crippen LogP) is 1.00. The molecule has 0 radical (unpaired) electrons. The Morgan fingerprint density at radius 1 is 1.13 bits per heavy atom. The van der Waals surface area contributed by atoms with E-state index in [9.17, 15) is 4.79 Å². The number of thiol groups is 1. The third-order valence-electron chi connectivity index (χ3n) is 3.64. The first kappa shape index (κ1) is 11.3. The SMILES string of the molecule is O=C(CS)N1CCN(C2CCCC2)CC1. The summed E-state index contributed by atoms with van der Waals surface area (Å²) < 4.78 is 0. The zero-order valence-electron chi connectivity index (χ0n) is 9.19. The zero-order valence-corrected chi connectivity index (χ0v) is 10.1. The van der Waals surface area contributed by atoms with Crippen LogP contribution in [0.4, 0.5) is 0 Å². The molecule has 0 unspecified atom stereocenters. The maximum Gasteiger partial charge on any atom is 0.232 e. The van der Waals surface area contributed by atoms with Gasteiger partial charge in [0, 0.05) is 32.2 Å². The van der Waals surface area contributed by atoms with Crippen LogP contribution in [0.1, 0.15) is 25.7 Å². The zero-order chi connectivity index (χ0) is 10.7. The van der Waals surface area contributed by atoms with Crippen LogP contribution >= 0.6 is 12.6 Å². The highest BCUT2D eigenvalue weighted by molar-refractivity contribution is 7.81. The van der Waals surface area contributed by atoms with E-state index in [1.807, 2.05) is 4.90 Å². The average molecular weight is 228 g/mol. The molecule has 0 aromatic heterocycles. The second kappa shape index (κ2) is 5.21. The fraction of sp³-hybridized carbons (Fsp3) is 0.909. The second-order valence-electron chi connectivity index (χ2n) is 4.51. The normalized spacial score (nSPS) is 24.7. The van der Waals surface area contributed by atoms with Crippen LogP contribution in [-0.4, -0.2) is 53.7 Å². The topological polar surface area (TPSA) is 23.6 Å². The third kappa shape index (κ3) is 2.67. The Kier molecular flexibility index (Phi) is 3.92. The maximum absolute atomic E-state index is 11.4. The van der Waals surface area contributed by atoms with Gasteiger partial charge in [0.1, 0.15) is 0 Å². The van der Waals surface area contributed by atoms with Crippen LogP contribution in [0.3, 0.4) is 0 Å². The third-order valence-corrected chi connectivity index (χ3v) is 3.91. The van der Waals surface area contributed by atoms with Gasteiger partial charge in [-0.2, -0.15) is 12.6 Å². The summed E-state index contributed by atoms with van der Waals surface area (Å²) in [7, 11) is 0. The summed E-state index contributed by atoms with van der Waals surface area (Å²) in [5.74, 6) is 0.535. The van der Waals surface area contributed by atoms with E-state index < -0.39 is 0 Å². The van der Waals surface area contributed by atoms with Crippen LogP contribution in [0.25, 0.3) is 0 Å². The number of hydrogen-bond donors (Lipinski definition) is 1. The van der Waals surface area contributed by atoms with E-state index >= 15 is 0 Å². The quantitative estimate of drug-likeness (QED) is 0.713. The molecule has 2 fully saturated rings. The molecule has 0 atom stereocenters. The molecule has 1 aliphatic heterocycles. The molecule has 4 heteroatoms. The van der Waals surface area contributed by atoms with Gasteiger partial charge in [-0.25, -0.2) is 0 Å². The lowest BCUT2D eigenvalue weighted by Gasteiger charge is -2.37. The van der Waals surface area contributed by atoms with Crippen molar-refractivity contribution < 1.29 is 4.79 Å². The molecule has 1 saturated heterocycles. The van der Waals surface area contributed by atoms with Gasteiger partial charge in [-0.3, -0.25) is 9.69 Å². The van der Waals surface area contributed by atoms with Gasteiger partial charge >= 0.3 is 0 Å². The highest BCUT2D eigenvalue weighted by Gasteiger charge is 2.27. The molecular formula is C11H20N2OS. The Morgan fingerprint density at radius 3 is 2.27 bits per heavy atom. The van der Waals surface area contributed by atoms with Crippen LogP contribution in [0.2, 0.25) is 0 Å². The van der Waals surface area contributed by atoms with E-state index in [2.05, 4.69) is 17.5 Å². The van der Waals surface area contributed by atoms with E-state index in [0.29, 0.717) is 5.75 Å². The van der Waals surface area contributed by atoms with Crippen molar-refractivity contribution in [2.24, 2.45) is 0 Å². The summed E-state index contributed by atoms with van der Waals surface area (Å²) in [5.41, 5.74) is 0. The minimum atomic E-state index is 0.185. The molecule has 0 bridgehead atoms. The van der Waals surface area contributed by atoms with E-state index in [1.54, 1.807) is 0 Å². The first-order chi connectivity index (χ1) is 7.31. The van der Waals surface area contributed by atoms with Crippen LogP contribution in [0.15, 0.2) is 0 Å². The average Bonchev–Trinajstić information content (AvgIpc) is 2.82. The first-order valence-electron chi connectivity index (χ1n) is 5.94. The molecule has 0 aromatic rings. The van der Waals surface area contributed by atoms with Gasteiger partial charge in [-0.15, -0.1) is 0 Å². The van der Waals surface area contributed by atoms with Crippen molar-refractivity contribution in [3.05, 3.63) is 0 Å². The van der Waals surface area contributed by atoms with Gasteiger partial charge in [-0.1, -0.05) is 12.8 Å². The maximum atomic E-state index is 11.4. The van der Waals surface area contributed by atoms with Crippen molar-refractivity contribution in [3.63, 3.8) is 0 Å². The Bertz CT molecular complexity index is 221. The highest BCUT2D eigenvalue weighted by atomic mass is 32.1. The Labute approximate surface area is 97.2 Å². The van der Waals surface area contributed by atoms with Gasteiger partial charge in [0.2, 0.25) is 5.91 Å². The molecule has 0 spiro atoms. The van der Waals surface area contributed by atoms with Crippen molar-refractivity contribution in [2.75, 3.05) is 31.9 Å². The van der Waals surface area contributed by atoms with E-state index in [-0.39, 0.29) is 5.91 Å². The highest BCUT2D eigenvalue weighted by Crippen LogP contribution is 2.24. The number of piperazine rings is 1. The molecule has 1 aliphatic carbocycles. The van der Waals surface area contributed by atoms with Crippen LogP contribution < -0.4 is 0 Å². The summed E-state index contributed by atoms with van der Waals surface area (Å²) >= 11 is 4.03. The number of hydrogen-bond acceptors (Lipinski definition) is 3. The van der Waals surface area contributed by atoms with Crippen LogP contribution in [-0.2, 0) is 4.79 Å². The molecule has 15 heavy (non-hydrogen) atoms. The number of rotatable bonds is 2. The van der Waals surface area contributed by atoms with E-state index in [0.717, 1.165) is 32.2 Å². The summed E-state index contributed by atoms with van der Waals surface area (Å²) in [6, 6.07) is 0.804. The van der Waals surface area contributed by atoms with Gasteiger partial charge in [0.15, 0.2) is 0 Å². The number of nitrogens with zero attached hydrogens (tertiary/aromatic N) is 2. The molecule has 1 amide bonds. The Balaban J connectivity index is 1.78. The largest absolute Gasteiger partial charge is 0.339 e. The van der Waals surface area contributed by atoms with E-state index in [4.69, 9.17) is 0 Å². The lowest BCUT2D eigenvalue weighted by Crippen LogP contribution is -2.51.